The minimum absolute atomic E-state index is 0.168. The minimum atomic E-state index is -0.376. The van der Waals surface area contributed by atoms with Gasteiger partial charge < -0.3 is 10.1 Å². The third-order valence-electron chi connectivity index (χ3n) is 3.91. The van der Waals surface area contributed by atoms with Gasteiger partial charge in [-0.25, -0.2) is 9.07 Å². The Balaban J connectivity index is 1.54. The fraction of sp³-hybridized carbons (Fsp3) is 0.150. The summed E-state index contributed by atoms with van der Waals surface area (Å²) in [6.45, 7) is 0.108. The van der Waals surface area contributed by atoms with Crippen LogP contribution in [0.3, 0.4) is 0 Å². The van der Waals surface area contributed by atoms with Crippen LogP contribution in [0, 0.1) is 5.82 Å². The zero-order valence-electron chi connectivity index (χ0n) is 15.1. The average Bonchev–Trinajstić information content (AvgIpc) is 2.69. The van der Waals surface area contributed by atoms with Gasteiger partial charge in [-0.1, -0.05) is 23.2 Å². The van der Waals surface area contributed by atoms with Crippen molar-refractivity contribution in [1.29, 1.82) is 0 Å². The molecule has 0 saturated carbocycles. The molecule has 3 aromatic rings. The van der Waals surface area contributed by atoms with Crippen LogP contribution in [0.1, 0.15) is 0 Å². The van der Waals surface area contributed by atoms with Gasteiger partial charge in [0.15, 0.2) is 6.61 Å². The van der Waals surface area contributed by atoms with E-state index in [1.54, 1.807) is 30.3 Å². The average molecular weight is 436 g/mol. The summed E-state index contributed by atoms with van der Waals surface area (Å²) >= 11 is 11.8. The first-order valence-corrected chi connectivity index (χ1v) is 9.36. The third kappa shape index (κ3) is 5.79. The van der Waals surface area contributed by atoms with Crippen LogP contribution in [0.2, 0.25) is 10.0 Å². The van der Waals surface area contributed by atoms with Crippen LogP contribution >= 0.6 is 23.2 Å². The van der Waals surface area contributed by atoms with Gasteiger partial charge in [0.05, 0.1) is 17.3 Å². The highest BCUT2D eigenvalue weighted by atomic mass is 35.5. The predicted molar refractivity (Wildman–Crippen MR) is 109 cm³/mol. The lowest BCUT2D eigenvalue weighted by atomic mass is 10.1. The van der Waals surface area contributed by atoms with Crippen molar-refractivity contribution in [2.75, 3.05) is 13.2 Å². The number of hydrogen-bond acceptors (Lipinski definition) is 4. The van der Waals surface area contributed by atoms with Crippen LogP contribution in [0.25, 0.3) is 11.3 Å². The third-order valence-corrected chi connectivity index (χ3v) is 4.44. The number of nitrogens with one attached hydrogen (secondary N) is 1. The number of hydrogen-bond donors (Lipinski definition) is 1. The summed E-state index contributed by atoms with van der Waals surface area (Å²) in [5.74, 6) is -0.387. The molecule has 0 aliphatic heterocycles. The number of halogens is 3. The van der Waals surface area contributed by atoms with Crippen molar-refractivity contribution in [3.05, 3.63) is 80.8 Å². The number of ether oxygens (including phenoxy) is 1. The summed E-state index contributed by atoms with van der Waals surface area (Å²) in [6, 6.07) is 13.4. The Morgan fingerprint density at radius 1 is 1.10 bits per heavy atom. The Hall–Kier alpha value is -2.90. The van der Waals surface area contributed by atoms with Crippen LogP contribution in [-0.4, -0.2) is 28.8 Å². The number of carbonyl (C=O) groups is 1. The van der Waals surface area contributed by atoms with Crippen molar-refractivity contribution >= 4 is 29.1 Å². The molecule has 0 atom stereocenters. The molecule has 3 rings (SSSR count). The zero-order valence-corrected chi connectivity index (χ0v) is 16.6. The molecule has 0 unspecified atom stereocenters. The standard InChI is InChI=1S/C20H16Cl2FN3O3/c21-14-3-7-18(16(22)11-14)29-12-19(27)24-9-10-26-20(28)8-6-17(25-26)13-1-4-15(23)5-2-13/h1-8,11H,9-10,12H2,(H,24,27). The lowest BCUT2D eigenvalue weighted by molar-refractivity contribution is -0.123. The smallest absolute Gasteiger partial charge is 0.266 e. The molecule has 9 heteroatoms. The minimum Gasteiger partial charge on any atom is -0.482 e. The van der Waals surface area contributed by atoms with E-state index in [0.29, 0.717) is 27.1 Å². The topological polar surface area (TPSA) is 73.2 Å². The van der Waals surface area contributed by atoms with E-state index < -0.39 is 0 Å². The molecule has 0 bridgehead atoms. The fourth-order valence-corrected chi connectivity index (χ4v) is 2.93. The van der Waals surface area contributed by atoms with Crippen LogP contribution < -0.4 is 15.6 Å². The summed E-state index contributed by atoms with van der Waals surface area (Å²) < 4.78 is 19.6. The second-order valence-corrected chi connectivity index (χ2v) is 6.84. The highest BCUT2D eigenvalue weighted by Gasteiger charge is 2.08. The van der Waals surface area contributed by atoms with Gasteiger partial charge in [-0.15, -0.1) is 0 Å². The molecule has 1 amide bonds. The van der Waals surface area contributed by atoms with Crippen molar-refractivity contribution in [2.24, 2.45) is 0 Å². The summed E-state index contributed by atoms with van der Waals surface area (Å²) in [7, 11) is 0. The van der Waals surface area contributed by atoms with Gasteiger partial charge >= 0.3 is 0 Å². The number of aromatic nitrogens is 2. The predicted octanol–water partition coefficient (Wildman–Crippen LogP) is 3.55. The van der Waals surface area contributed by atoms with Crippen LogP contribution in [-0.2, 0) is 11.3 Å². The SMILES string of the molecule is O=C(COc1ccc(Cl)cc1Cl)NCCn1nc(-c2ccc(F)cc2)ccc1=O. The van der Waals surface area contributed by atoms with Crippen LogP contribution in [0.15, 0.2) is 59.4 Å². The summed E-state index contributed by atoms with van der Waals surface area (Å²) in [5, 5.41) is 7.67. The van der Waals surface area contributed by atoms with Crippen molar-refractivity contribution in [3.63, 3.8) is 0 Å². The zero-order chi connectivity index (χ0) is 20.8. The maximum Gasteiger partial charge on any atom is 0.266 e. The second kappa shape index (κ2) is 9.54. The number of amides is 1. The Kier molecular flexibility index (Phi) is 6.85. The maximum absolute atomic E-state index is 13.1. The van der Waals surface area contributed by atoms with Gasteiger partial charge in [0.2, 0.25) is 0 Å². The molecule has 0 radical (unpaired) electrons. The lowest BCUT2D eigenvalue weighted by Gasteiger charge is -2.10. The maximum atomic E-state index is 13.1. The largest absolute Gasteiger partial charge is 0.482 e. The van der Waals surface area contributed by atoms with E-state index in [0.717, 1.165) is 0 Å². The van der Waals surface area contributed by atoms with E-state index in [1.165, 1.54) is 28.9 Å². The quantitative estimate of drug-likeness (QED) is 0.615. The number of benzene rings is 2. The lowest BCUT2D eigenvalue weighted by Crippen LogP contribution is -2.34. The second-order valence-electron chi connectivity index (χ2n) is 6.00. The Labute approximate surface area is 175 Å². The van der Waals surface area contributed by atoms with E-state index in [9.17, 15) is 14.0 Å². The van der Waals surface area contributed by atoms with Crippen molar-refractivity contribution in [1.82, 2.24) is 15.1 Å². The summed E-state index contributed by atoms with van der Waals surface area (Å²) in [6.07, 6.45) is 0. The van der Waals surface area contributed by atoms with E-state index >= 15 is 0 Å². The molecule has 6 nitrogen and oxygen atoms in total. The van der Waals surface area contributed by atoms with E-state index in [4.69, 9.17) is 27.9 Å². The number of rotatable bonds is 7. The molecule has 29 heavy (non-hydrogen) atoms. The number of carbonyl (C=O) groups excluding carboxylic acids is 1. The molecule has 1 heterocycles. The van der Waals surface area contributed by atoms with Crippen molar-refractivity contribution in [2.45, 2.75) is 6.54 Å². The Bertz CT molecular complexity index is 1070. The first kappa shape index (κ1) is 20.8. The van der Waals surface area contributed by atoms with Gasteiger partial charge in [-0.05, 0) is 48.5 Å². The molecule has 0 fully saturated rings. The molecule has 1 aromatic heterocycles. The van der Waals surface area contributed by atoms with Gasteiger partial charge in [-0.2, -0.15) is 5.10 Å². The van der Waals surface area contributed by atoms with Crippen molar-refractivity contribution < 1.29 is 13.9 Å². The van der Waals surface area contributed by atoms with Crippen molar-refractivity contribution in [3.8, 4) is 17.0 Å². The molecule has 0 saturated heterocycles. The van der Waals surface area contributed by atoms with Gasteiger partial charge in [0.25, 0.3) is 11.5 Å². The van der Waals surface area contributed by atoms with E-state index in [-0.39, 0.29) is 37.0 Å². The first-order chi connectivity index (χ1) is 13.9. The van der Waals surface area contributed by atoms with E-state index in [1.807, 2.05) is 0 Å². The molecular weight excluding hydrogens is 420 g/mol. The van der Waals surface area contributed by atoms with Crippen LogP contribution in [0.5, 0.6) is 5.75 Å². The van der Waals surface area contributed by atoms with Gasteiger partial charge in [0, 0.05) is 23.2 Å². The molecule has 0 aliphatic rings. The monoisotopic (exact) mass is 435 g/mol. The molecule has 1 N–H and O–H groups in total. The van der Waals surface area contributed by atoms with E-state index in [2.05, 4.69) is 10.4 Å². The Morgan fingerprint density at radius 2 is 1.86 bits per heavy atom. The summed E-state index contributed by atoms with van der Waals surface area (Å²) in [4.78, 5) is 23.9. The number of nitrogens with zero attached hydrogens (tertiary/aromatic N) is 2. The summed E-state index contributed by atoms with van der Waals surface area (Å²) in [5.41, 5.74) is 0.892. The molecule has 0 aliphatic carbocycles. The van der Waals surface area contributed by atoms with Gasteiger partial charge in [0.1, 0.15) is 11.6 Å². The highest BCUT2D eigenvalue weighted by Crippen LogP contribution is 2.27. The molecule has 150 valence electrons. The Morgan fingerprint density at radius 3 is 2.59 bits per heavy atom. The molecule has 2 aromatic carbocycles. The molecule has 0 spiro atoms. The fourth-order valence-electron chi connectivity index (χ4n) is 2.47. The highest BCUT2D eigenvalue weighted by molar-refractivity contribution is 6.35. The van der Waals surface area contributed by atoms with Gasteiger partial charge in [-0.3, -0.25) is 9.59 Å². The molecular formula is C20H16Cl2FN3O3. The van der Waals surface area contributed by atoms with Crippen LogP contribution in [0.4, 0.5) is 4.39 Å². The first-order valence-electron chi connectivity index (χ1n) is 8.61. The normalized spacial score (nSPS) is 10.6.